The van der Waals surface area contributed by atoms with Crippen LogP contribution < -0.4 is 0 Å². The maximum atomic E-state index is 11.8. The molecular weight excluding hydrogens is 451 g/mol. The molecule has 0 saturated carbocycles. The van der Waals surface area contributed by atoms with Crippen LogP contribution in [0.1, 0.15) is 90.9 Å². The van der Waals surface area contributed by atoms with Gasteiger partial charge in [0.25, 0.3) is 0 Å². The van der Waals surface area contributed by atoms with E-state index in [1.165, 1.54) is 25.7 Å². The SMILES string of the molecule is CCCCCC1OC1C/C=C\CCCCCCCC(=O)OC[C@H](COP(=O)(O)O)OC(C)=O. The highest BCUT2D eigenvalue weighted by atomic mass is 31.2. The van der Waals surface area contributed by atoms with E-state index in [0.717, 1.165) is 45.4 Å². The summed E-state index contributed by atoms with van der Waals surface area (Å²) in [6, 6.07) is 0. The van der Waals surface area contributed by atoms with E-state index in [0.29, 0.717) is 18.6 Å². The van der Waals surface area contributed by atoms with Gasteiger partial charge in [0.15, 0.2) is 6.10 Å². The molecule has 9 nitrogen and oxygen atoms in total. The van der Waals surface area contributed by atoms with Crippen molar-refractivity contribution < 1.29 is 42.7 Å². The van der Waals surface area contributed by atoms with Gasteiger partial charge >= 0.3 is 19.8 Å². The van der Waals surface area contributed by atoms with E-state index in [1.54, 1.807) is 0 Å². The van der Waals surface area contributed by atoms with Gasteiger partial charge in [-0.15, -0.1) is 0 Å². The lowest BCUT2D eigenvalue weighted by molar-refractivity contribution is -0.159. The summed E-state index contributed by atoms with van der Waals surface area (Å²) >= 11 is 0. The van der Waals surface area contributed by atoms with Gasteiger partial charge in [0.2, 0.25) is 0 Å². The largest absolute Gasteiger partial charge is 0.469 e. The molecule has 1 aliphatic heterocycles. The van der Waals surface area contributed by atoms with Gasteiger partial charge in [-0.3, -0.25) is 14.1 Å². The average molecular weight is 493 g/mol. The molecule has 2 N–H and O–H groups in total. The standard InChI is InChI=1S/C23H41O9P/c1-3-4-11-14-21-22(32-21)15-12-9-7-5-6-8-10-13-16-23(25)29-17-20(31-19(2)24)18-30-33(26,27)28/h9,12,20-22H,3-8,10-11,13-18H2,1-2H3,(H2,26,27,28)/b12-9-/t20-,21?,22?/m1/s1. The highest BCUT2D eigenvalue weighted by Gasteiger charge is 2.36. The third-order valence-corrected chi connectivity index (χ3v) is 5.74. The number of phosphoric acid groups is 1. The third-order valence-electron chi connectivity index (χ3n) is 5.26. The average Bonchev–Trinajstić information content (AvgIpc) is 3.48. The molecule has 0 amide bonds. The number of carbonyl (C=O) groups is 2. The van der Waals surface area contributed by atoms with Gasteiger partial charge in [-0.25, -0.2) is 4.57 Å². The molecule has 1 saturated heterocycles. The van der Waals surface area contributed by atoms with Gasteiger partial charge in [-0.1, -0.05) is 57.6 Å². The Morgan fingerprint density at radius 3 is 2.42 bits per heavy atom. The van der Waals surface area contributed by atoms with Gasteiger partial charge in [0, 0.05) is 13.3 Å². The molecular formula is C23H41O9P. The minimum absolute atomic E-state index is 0.243. The van der Waals surface area contributed by atoms with Crippen LogP contribution in [0, 0.1) is 0 Å². The predicted octanol–water partition coefficient (Wildman–Crippen LogP) is 4.60. The molecule has 192 valence electrons. The zero-order chi connectivity index (χ0) is 24.5. The Labute approximate surface area is 197 Å². The van der Waals surface area contributed by atoms with Crippen molar-refractivity contribution in [2.45, 2.75) is 109 Å². The number of epoxide rings is 1. The van der Waals surface area contributed by atoms with Crippen LogP contribution >= 0.6 is 7.82 Å². The number of hydrogen-bond donors (Lipinski definition) is 2. The smallest absolute Gasteiger partial charge is 0.462 e. The number of phosphoric ester groups is 1. The quantitative estimate of drug-likeness (QED) is 0.0823. The van der Waals surface area contributed by atoms with Crippen molar-refractivity contribution in [3.8, 4) is 0 Å². The molecule has 0 aromatic carbocycles. The third kappa shape index (κ3) is 17.8. The maximum Gasteiger partial charge on any atom is 0.469 e. The minimum Gasteiger partial charge on any atom is -0.462 e. The fourth-order valence-electron chi connectivity index (χ4n) is 3.44. The Balaban J connectivity index is 1.98. The summed E-state index contributed by atoms with van der Waals surface area (Å²) in [6.45, 7) is 2.50. The number of carbonyl (C=O) groups excluding carboxylic acids is 2. The highest BCUT2D eigenvalue weighted by molar-refractivity contribution is 7.46. The molecule has 10 heteroatoms. The lowest BCUT2D eigenvalue weighted by Gasteiger charge is -2.17. The molecule has 0 aromatic heterocycles. The molecule has 0 spiro atoms. The Morgan fingerprint density at radius 1 is 1.00 bits per heavy atom. The summed E-state index contributed by atoms with van der Waals surface area (Å²) < 4.78 is 30.6. The zero-order valence-electron chi connectivity index (χ0n) is 20.0. The van der Waals surface area contributed by atoms with Crippen LogP contribution in [0.15, 0.2) is 12.2 Å². The number of rotatable bonds is 20. The Kier molecular flexibility index (Phi) is 15.5. The molecule has 0 aliphatic carbocycles. The van der Waals surface area contributed by atoms with Crippen LogP contribution in [0.2, 0.25) is 0 Å². The number of esters is 2. The highest BCUT2D eigenvalue weighted by Crippen LogP contribution is 2.35. The first kappa shape index (κ1) is 29.8. The number of hydrogen-bond acceptors (Lipinski definition) is 7. The normalized spacial score (nSPS) is 18.9. The molecule has 0 aromatic rings. The summed E-state index contributed by atoms with van der Waals surface area (Å²) in [5.74, 6) is -1.10. The van der Waals surface area contributed by atoms with E-state index in [1.807, 2.05) is 0 Å². The first-order valence-corrected chi connectivity index (χ1v) is 13.6. The minimum atomic E-state index is -4.70. The summed E-state index contributed by atoms with van der Waals surface area (Å²) in [4.78, 5) is 40.3. The topological polar surface area (TPSA) is 132 Å². The second-order valence-corrected chi connectivity index (χ2v) is 9.66. The molecule has 1 fully saturated rings. The van der Waals surface area contributed by atoms with Crippen molar-refractivity contribution >= 4 is 19.8 Å². The Bertz CT molecular complexity index is 631. The van der Waals surface area contributed by atoms with Crippen molar-refractivity contribution in [3.05, 3.63) is 12.2 Å². The molecule has 0 radical (unpaired) electrons. The predicted molar refractivity (Wildman–Crippen MR) is 123 cm³/mol. The van der Waals surface area contributed by atoms with Gasteiger partial charge in [-0.2, -0.15) is 0 Å². The monoisotopic (exact) mass is 492 g/mol. The van der Waals surface area contributed by atoms with E-state index in [9.17, 15) is 14.2 Å². The van der Waals surface area contributed by atoms with Crippen LogP contribution in [0.3, 0.4) is 0 Å². The van der Waals surface area contributed by atoms with Crippen molar-refractivity contribution in [3.63, 3.8) is 0 Å². The first-order valence-electron chi connectivity index (χ1n) is 12.0. The summed E-state index contributed by atoms with van der Waals surface area (Å²) in [7, 11) is -4.70. The van der Waals surface area contributed by atoms with Crippen LogP contribution in [-0.2, 0) is 32.9 Å². The van der Waals surface area contributed by atoms with E-state index < -0.39 is 32.5 Å². The Hall–Kier alpha value is -1.25. The van der Waals surface area contributed by atoms with Gasteiger partial charge < -0.3 is 24.0 Å². The second kappa shape index (κ2) is 17.2. The van der Waals surface area contributed by atoms with Gasteiger partial charge in [0.05, 0.1) is 18.8 Å². The van der Waals surface area contributed by atoms with Crippen molar-refractivity contribution in [1.82, 2.24) is 0 Å². The zero-order valence-corrected chi connectivity index (χ0v) is 20.9. The van der Waals surface area contributed by atoms with Crippen molar-refractivity contribution in [1.29, 1.82) is 0 Å². The lowest BCUT2D eigenvalue weighted by atomic mass is 10.1. The van der Waals surface area contributed by atoms with E-state index in [4.69, 9.17) is 24.0 Å². The molecule has 2 unspecified atom stereocenters. The molecule has 1 aliphatic rings. The lowest BCUT2D eigenvalue weighted by Crippen LogP contribution is -2.28. The maximum absolute atomic E-state index is 11.8. The van der Waals surface area contributed by atoms with Crippen LogP contribution in [-0.4, -0.2) is 53.3 Å². The number of allylic oxidation sites excluding steroid dienone is 1. The molecule has 1 rings (SSSR count). The Morgan fingerprint density at radius 2 is 1.73 bits per heavy atom. The van der Waals surface area contributed by atoms with E-state index >= 15 is 0 Å². The fraction of sp³-hybridized carbons (Fsp3) is 0.826. The fourth-order valence-corrected chi connectivity index (χ4v) is 3.80. The van der Waals surface area contributed by atoms with E-state index in [-0.39, 0.29) is 13.0 Å². The molecule has 33 heavy (non-hydrogen) atoms. The first-order chi connectivity index (χ1) is 15.7. The molecule has 0 bridgehead atoms. The summed E-state index contributed by atoms with van der Waals surface area (Å²) in [6.07, 6.45) is 16.5. The molecule has 3 atom stereocenters. The second-order valence-electron chi connectivity index (χ2n) is 8.42. The van der Waals surface area contributed by atoms with E-state index in [2.05, 4.69) is 23.6 Å². The number of unbranched alkanes of at least 4 members (excludes halogenated alkanes) is 7. The number of ether oxygens (including phenoxy) is 3. The summed E-state index contributed by atoms with van der Waals surface area (Å²) in [5, 5.41) is 0. The van der Waals surface area contributed by atoms with Crippen LogP contribution in [0.4, 0.5) is 0 Å². The van der Waals surface area contributed by atoms with Gasteiger partial charge in [-0.05, 0) is 32.1 Å². The van der Waals surface area contributed by atoms with Crippen LogP contribution in [0.5, 0.6) is 0 Å². The van der Waals surface area contributed by atoms with Crippen molar-refractivity contribution in [2.75, 3.05) is 13.2 Å². The van der Waals surface area contributed by atoms with Crippen LogP contribution in [0.25, 0.3) is 0 Å². The van der Waals surface area contributed by atoms with Gasteiger partial charge in [0.1, 0.15) is 6.61 Å². The summed E-state index contributed by atoms with van der Waals surface area (Å²) in [5.41, 5.74) is 0. The molecule has 1 heterocycles. The van der Waals surface area contributed by atoms with Crippen molar-refractivity contribution in [2.24, 2.45) is 0 Å².